The molecule has 0 saturated carbocycles. The number of aryl methyl sites for hydroxylation is 3. The predicted octanol–water partition coefficient (Wildman–Crippen LogP) is 2.92. The molecule has 0 radical (unpaired) electrons. The van der Waals surface area contributed by atoms with E-state index in [1.165, 1.54) is 16.7 Å². The van der Waals surface area contributed by atoms with Crippen molar-refractivity contribution in [3.8, 4) is 0 Å². The third kappa shape index (κ3) is 3.76. The van der Waals surface area contributed by atoms with Crippen molar-refractivity contribution in [3.63, 3.8) is 0 Å². The number of benzene rings is 1. The Bertz CT molecular complexity index is 627. The largest absolute Gasteiger partial charge is 0.361 e. The number of aromatic nitrogens is 1. The maximum Gasteiger partial charge on any atom is 0.133 e. The fraction of sp³-hybridized carbons (Fsp3) is 0.500. The van der Waals surface area contributed by atoms with E-state index in [1.54, 1.807) is 0 Å². The number of hydrogen-bond acceptors (Lipinski definition) is 4. The number of piperazine rings is 1. The smallest absolute Gasteiger partial charge is 0.133 e. The first-order valence-corrected chi connectivity index (χ1v) is 8.03. The van der Waals surface area contributed by atoms with Crippen LogP contribution in [-0.4, -0.2) is 41.1 Å². The highest BCUT2D eigenvalue weighted by Gasteiger charge is 2.18. The van der Waals surface area contributed by atoms with Crippen LogP contribution >= 0.6 is 0 Å². The van der Waals surface area contributed by atoms with Crippen LogP contribution in [0.25, 0.3) is 0 Å². The fourth-order valence-electron chi connectivity index (χ4n) is 3.04. The number of hydrogen-bond donors (Lipinski definition) is 0. The van der Waals surface area contributed by atoms with Crippen LogP contribution in [0, 0.1) is 20.8 Å². The Morgan fingerprint density at radius 1 is 0.955 bits per heavy atom. The molecule has 4 heteroatoms. The van der Waals surface area contributed by atoms with Crippen LogP contribution in [0.3, 0.4) is 0 Å². The third-order valence-corrected chi connectivity index (χ3v) is 4.43. The summed E-state index contributed by atoms with van der Waals surface area (Å²) in [6.07, 6.45) is 0. The Morgan fingerprint density at radius 3 is 2.27 bits per heavy atom. The van der Waals surface area contributed by atoms with Gasteiger partial charge in [-0.2, -0.15) is 0 Å². The Morgan fingerprint density at radius 2 is 1.64 bits per heavy atom. The van der Waals surface area contributed by atoms with E-state index < -0.39 is 0 Å². The molecule has 0 aliphatic carbocycles. The molecule has 2 aromatic rings. The standard InChI is InChI=1S/C18H25N3O/c1-14-4-5-15(2)17(10-14)12-20-6-8-21(9-7-20)13-18-11-16(3)22-19-18/h4-5,10-11H,6-9,12-13H2,1-3H3. The van der Waals surface area contributed by atoms with E-state index in [4.69, 9.17) is 4.52 Å². The molecule has 0 bridgehead atoms. The molecule has 1 aromatic carbocycles. The maximum atomic E-state index is 5.14. The van der Waals surface area contributed by atoms with Crippen LogP contribution < -0.4 is 0 Å². The zero-order valence-electron chi connectivity index (χ0n) is 13.8. The van der Waals surface area contributed by atoms with Crippen LogP contribution in [0.1, 0.15) is 28.1 Å². The SMILES string of the molecule is Cc1ccc(C)c(CN2CCN(Cc3cc(C)on3)CC2)c1. The summed E-state index contributed by atoms with van der Waals surface area (Å²) in [5, 5.41) is 4.09. The van der Waals surface area contributed by atoms with E-state index in [0.717, 1.165) is 50.7 Å². The Kier molecular flexibility index (Phi) is 4.60. The van der Waals surface area contributed by atoms with Gasteiger partial charge in [-0.25, -0.2) is 0 Å². The Balaban J connectivity index is 1.52. The molecule has 4 nitrogen and oxygen atoms in total. The molecule has 2 heterocycles. The van der Waals surface area contributed by atoms with E-state index in [0.29, 0.717) is 0 Å². The minimum absolute atomic E-state index is 0.892. The van der Waals surface area contributed by atoms with E-state index in [-0.39, 0.29) is 0 Å². The zero-order chi connectivity index (χ0) is 15.5. The van der Waals surface area contributed by atoms with Crippen molar-refractivity contribution in [3.05, 3.63) is 52.4 Å². The average molecular weight is 299 g/mol. The van der Waals surface area contributed by atoms with Crippen molar-refractivity contribution in [2.45, 2.75) is 33.9 Å². The van der Waals surface area contributed by atoms with Gasteiger partial charge in [0, 0.05) is 45.3 Å². The molecule has 1 fully saturated rings. The summed E-state index contributed by atoms with van der Waals surface area (Å²) in [5.41, 5.74) is 5.24. The fourth-order valence-corrected chi connectivity index (χ4v) is 3.04. The van der Waals surface area contributed by atoms with Crippen LogP contribution in [0.5, 0.6) is 0 Å². The van der Waals surface area contributed by atoms with Crippen LogP contribution in [0.4, 0.5) is 0 Å². The van der Waals surface area contributed by atoms with Gasteiger partial charge in [-0.3, -0.25) is 9.80 Å². The molecule has 1 aromatic heterocycles. The van der Waals surface area contributed by atoms with E-state index >= 15 is 0 Å². The van der Waals surface area contributed by atoms with Gasteiger partial charge in [-0.15, -0.1) is 0 Å². The maximum absolute atomic E-state index is 5.14. The molecular formula is C18H25N3O. The van der Waals surface area contributed by atoms with Gasteiger partial charge >= 0.3 is 0 Å². The second kappa shape index (κ2) is 6.63. The molecule has 1 saturated heterocycles. The highest BCUT2D eigenvalue weighted by molar-refractivity contribution is 5.30. The Labute approximate surface area is 132 Å². The summed E-state index contributed by atoms with van der Waals surface area (Å²) in [6, 6.07) is 8.77. The average Bonchev–Trinajstić information content (AvgIpc) is 2.90. The number of rotatable bonds is 4. The van der Waals surface area contributed by atoms with Gasteiger partial charge in [0.1, 0.15) is 5.76 Å². The van der Waals surface area contributed by atoms with Gasteiger partial charge in [-0.05, 0) is 31.9 Å². The molecule has 0 amide bonds. The number of nitrogens with zero attached hydrogens (tertiary/aromatic N) is 3. The first-order chi connectivity index (χ1) is 10.6. The van der Waals surface area contributed by atoms with Gasteiger partial charge in [0.2, 0.25) is 0 Å². The van der Waals surface area contributed by atoms with Crippen molar-refractivity contribution in [1.82, 2.24) is 15.0 Å². The van der Waals surface area contributed by atoms with Crippen molar-refractivity contribution >= 4 is 0 Å². The first kappa shape index (κ1) is 15.3. The normalized spacial score (nSPS) is 17.0. The lowest BCUT2D eigenvalue weighted by atomic mass is 10.0. The van der Waals surface area contributed by atoms with Crippen molar-refractivity contribution in [2.24, 2.45) is 0 Å². The lowest BCUT2D eigenvalue weighted by Crippen LogP contribution is -2.45. The van der Waals surface area contributed by atoms with Gasteiger partial charge < -0.3 is 4.52 Å². The molecule has 1 aliphatic rings. The lowest BCUT2D eigenvalue weighted by Gasteiger charge is -2.34. The van der Waals surface area contributed by atoms with Gasteiger partial charge in [0.25, 0.3) is 0 Å². The predicted molar refractivity (Wildman–Crippen MR) is 87.7 cm³/mol. The molecular weight excluding hydrogens is 274 g/mol. The molecule has 0 atom stereocenters. The lowest BCUT2D eigenvalue weighted by molar-refractivity contribution is 0.120. The quantitative estimate of drug-likeness (QED) is 0.869. The van der Waals surface area contributed by atoms with Crippen molar-refractivity contribution in [2.75, 3.05) is 26.2 Å². The summed E-state index contributed by atoms with van der Waals surface area (Å²) < 4.78 is 5.14. The summed E-state index contributed by atoms with van der Waals surface area (Å²) in [4.78, 5) is 5.00. The molecule has 1 aliphatic heterocycles. The third-order valence-electron chi connectivity index (χ3n) is 4.43. The molecule has 3 rings (SSSR count). The summed E-state index contributed by atoms with van der Waals surface area (Å²) in [6.45, 7) is 12.7. The van der Waals surface area contributed by atoms with Crippen molar-refractivity contribution in [1.29, 1.82) is 0 Å². The molecule has 0 spiro atoms. The van der Waals surface area contributed by atoms with Crippen molar-refractivity contribution < 1.29 is 4.52 Å². The molecule has 0 unspecified atom stereocenters. The first-order valence-electron chi connectivity index (χ1n) is 8.03. The summed E-state index contributed by atoms with van der Waals surface area (Å²) >= 11 is 0. The zero-order valence-corrected chi connectivity index (χ0v) is 13.8. The second-order valence-corrected chi connectivity index (χ2v) is 6.41. The molecule has 0 N–H and O–H groups in total. The van der Waals surface area contributed by atoms with Crippen LogP contribution in [-0.2, 0) is 13.1 Å². The highest BCUT2D eigenvalue weighted by atomic mass is 16.5. The Hall–Kier alpha value is -1.65. The second-order valence-electron chi connectivity index (χ2n) is 6.41. The monoisotopic (exact) mass is 299 g/mol. The van der Waals surface area contributed by atoms with Crippen LogP contribution in [0.2, 0.25) is 0 Å². The minimum atomic E-state index is 0.892. The van der Waals surface area contributed by atoms with Gasteiger partial charge in [-0.1, -0.05) is 28.9 Å². The van der Waals surface area contributed by atoms with E-state index in [1.807, 2.05) is 13.0 Å². The summed E-state index contributed by atoms with van der Waals surface area (Å²) in [7, 11) is 0. The van der Waals surface area contributed by atoms with Gasteiger partial charge in [0.15, 0.2) is 0 Å². The van der Waals surface area contributed by atoms with E-state index in [9.17, 15) is 0 Å². The highest BCUT2D eigenvalue weighted by Crippen LogP contribution is 2.15. The topological polar surface area (TPSA) is 32.5 Å². The molecule has 118 valence electrons. The van der Waals surface area contributed by atoms with Crippen LogP contribution in [0.15, 0.2) is 28.8 Å². The minimum Gasteiger partial charge on any atom is -0.361 e. The summed E-state index contributed by atoms with van der Waals surface area (Å²) in [5.74, 6) is 0.892. The van der Waals surface area contributed by atoms with Gasteiger partial charge in [0.05, 0.1) is 5.69 Å². The van der Waals surface area contributed by atoms with E-state index in [2.05, 4.69) is 47.0 Å². The molecule has 22 heavy (non-hydrogen) atoms.